The highest BCUT2D eigenvalue weighted by atomic mass is 32.2. The molecule has 0 unspecified atom stereocenters. The molecule has 0 aromatic carbocycles. The van der Waals surface area contributed by atoms with E-state index in [1.807, 2.05) is 17.7 Å². The first-order chi connectivity index (χ1) is 7.99. The highest BCUT2D eigenvalue weighted by Crippen LogP contribution is 2.18. The van der Waals surface area contributed by atoms with Crippen LogP contribution in [0.4, 0.5) is 0 Å². The minimum Gasteiger partial charge on any atom is -0.337 e. The van der Waals surface area contributed by atoms with Crippen LogP contribution in [0.15, 0.2) is 11.1 Å². The highest BCUT2D eigenvalue weighted by Gasteiger charge is 2.14. The van der Waals surface area contributed by atoms with Crippen molar-refractivity contribution in [3.63, 3.8) is 0 Å². The second-order valence-corrected chi connectivity index (χ2v) is 4.82. The number of rotatable bonds is 5. The maximum Gasteiger partial charge on any atom is 0.219 e. The summed E-state index contributed by atoms with van der Waals surface area (Å²) in [5, 5.41) is 10.7. The summed E-state index contributed by atoms with van der Waals surface area (Å²) >= 11 is 1.13. The fraction of sp³-hybridized carbons (Fsp3) is 0.636. The quantitative estimate of drug-likeness (QED) is 0.816. The molecule has 0 aliphatic carbocycles. The van der Waals surface area contributed by atoms with E-state index >= 15 is 0 Å². The number of carbonyl (C=O) groups excluding carboxylic acids is 1. The van der Waals surface area contributed by atoms with Gasteiger partial charge >= 0.3 is 0 Å². The summed E-state index contributed by atoms with van der Waals surface area (Å²) in [6.07, 6.45) is 0. The molecule has 2 N–H and O–H groups in total. The fourth-order valence-corrected chi connectivity index (χ4v) is 2.01. The largest absolute Gasteiger partial charge is 0.337 e. The van der Waals surface area contributed by atoms with Gasteiger partial charge in [-0.2, -0.15) is 5.10 Å². The van der Waals surface area contributed by atoms with Crippen LogP contribution in [-0.4, -0.2) is 27.1 Å². The first-order valence-electron chi connectivity index (χ1n) is 5.70. The summed E-state index contributed by atoms with van der Waals surface area (Å²) in [5.41, 5.74) is 1.02. The van der Waals surface area contributed by atoms with Gasteiger partial charge in [0.2, 0.25) is 5.91 Å². The Hall–Kier alpha value is -1.01. The molecule has 1 aromatic rings. The SMILES string of the molecule is CCN(Cc1cc(SN)nn1C(C)C)C(C)=O. The number of amides is 1. The zero-order valence-electron chi connectivity index (χ0n) is 10.8. The van der Waals surface area contributed by atoms with E-state index in [2.05, 4.69) is 18.9 Å². The second kappa shape index (κ2) is 6.07. The Kier molecular flexibility index (Phi) is 5.02. The molecule has 0 atom stereocenters. The van der Waals surface area contributed by atoms with Gasteiger partial charge in [-0.25, -0.2) is 0 Å². The van der Waals surface area contributed by atoms with Crippen LogP contribution >= 0.6 is 11.9 Å². The Morgan fingerprint density at radius 2 is 2.29 bits per heavy atom. The minimum absolute atomic E-state index is 0.0750. The summed E-state index contributed by atoms with van der Waals surface area (Å²) in [6, 6.07) is 2.20. The average molecular weight is 256 g/mol. The van der Waals surface area contributed by atoms with Crippen molar-refractivity contribution in [1.29, 1.82) is 0 Å². The van der Waals surface area contributed by atoms with Crippen LogP contribution in [0.1, 0.15) is 39.4 Å². The number of hydrogen-bond donors (Lipinski definition) is 1. The third-order valence-electron chi connectivity index (χ3n) is 2.58. The molecular weight excluding hydrogens is 236 g/mol. The van der Waals surface area contributed by atoms with E-state index < -0.39 is 0 Å². The molecule has 0 saturated heterocycles. The van der Waals surface area contributed by atoms with Gasteiger partial charge in [-0.05, 0) is 38.8 Å². The van der Waals surface area contributed by atoms with Crippen molar-refractivity contribution in [3.05, 3.63) is 11.8 Å². The molecule has 1 aromatic heterocycles. The van der Waals surface area contributed by atoms with Crippen molar-refractivity contribution >= 4 is 17.9 Å². The maximum absolute atomic E-state index is 11.4. The van der Waals surface area contributed by atoms with E-state index in [9.17, 15) is 4.79 Å². The Morgan fingerprint density at radius 3 is 2.71 bits per heavy atom. The van der Waals surface area contributed by atoms with Crippen molar-refractivity contribution < 1.29 is 4.79 Å². The second-order valence-electron chi connectivity index (χ2n) is 4.16. The summed E-state index contributed by atoms with van der Waals surface area (Å²) in [5.74, 6) is 0.0750. The van der Waals surface area contributed by atoms with Crippen LogP contribution < -0.4 is 5.14 Å². The molecule has 0 fully saturated rings. The topological polar surface area (TPSA) is 64.2 Å². The molecule has 1 heterocycles. The van der Waals surface area contributed by atoms with Crippen molar-refractivity contribution in [3.8, 4) is 0 Å². The predicted octanol–water partition coefficient (Wildman–Crippen LogP) is 1.80. The van der Waals surface area contributed by atoms with E-state index in [4.69, 9.17) is 5.14 Å². The number of nitrogens with two attached hydrogens (primary N) is 1. The van der Waals surface area contributed by atoms with Gasteiger partial charge in [-0.1, -0.05) is 0 Å². The fourth-order valence-electron chi connectivity index (χ4n) is 1.67. The van der Waals surface area contributed by atoms with Crippen LogP contribution in [0.3, 0.4) is 0 Å². The lowest BCUT2D eigenvalue weighted by molar-refractivity contribution is -0.129. The van der Waals surface area contributed by atoms with E-state index in [1.54, 1.807) is 11.8 Å². The monoisotopic (exact) mass is 256 g/mol. The van der Waals surface area contributed by atoms with Crippen LogP contribution in [-0.2, 0) is 11.3 Å². The lowest BCUT2D eigenvalue weighted by Crippen LogP contribution is -2.29. The van der Waals surface area contributed by atoms with Gasteiger partial charge in [0.15, 0.2) is 0 Å². The normalized spacial score (nSPS) is 10.9. The molecule has 0 radical (unpaired) electrons. The van der Waals surface area contributed by atoms with Crippen molar-refractivity contribution in [2.24, 2.45) is 5.14 Å². The predicted molar refractivity (Wildman–Crippen MR) is 69.4 cm³/mol. The highest BCUT2D eigenvalue weighted by molar-refractivity contribution is 7.97. The Morgan fingerprint density at radius 1 is 1.65 bits per heavy atom. The summed E-state index contributed by atoms with van der Waals surface area (Å²) in [6.45, 7) is 8.95. The zero-order chi connectivity index (χ0) is 13.0. The molecule has 6 heteroatoms. The lowest BCUT2D eigenvalue weighted by Gasteiger charge is -2.20. The summed E-state index contributed by atoms with van der Waals surface area (Å²) in [7, 11) is 0. The molecule has 0 saturated carbocycles. The molecule has 96 valence electrons. The Balaban J connectivity index is 2.95. The first kappa shape index (κ1) is 14.1. The third kappa shape index (κ3) is 3.47. The Labute approximate surface area is 106 Å². The smallest absolute Gasteiger partial charge is 0.219 e. The molecule has 0 aliphatic rings. The van der Waals surface area contributed by atoms with E-state index in [-0.39, 0.29) is 11.9 Å². The number of carbonyl (C=O) groups is 1. The van der Waals surface area contributed by atoms with Crippen LogP contribution in [0, 0.1) is 0 Å². The molecular formula is C11H20N4OS. The minimum atomic E-state index is 0.0750. The number of nitrogens with zero attached hydrogens (tertiary/aromatic N) is 3. The van der Waals surface area contributed by atoms with Gasteiger partial charge in [-0.15, -0.1) is 0 Å². The molecule has 0 bridgehead atoms. The molecule has 0 spiro atoms. The van der Waals surface area contributed by atoms with Crippen LogP contribution in [0.2, 0.25) is 0 Å². The standard InChI is InChI=1S/C11H20N4OS/c1-5-14(9(4)16)7-10-6-11(17-12)13-15(10)8(2)3/h6,8H,5,7,12H2,1-4H3. The molecule has 1 amide bonds. The van der Waals surface area contributed by atoms with Gasteiger partial charge in [0.1, 0.15) is 5.03 Å². The van der Waals surface area contributed by atoms with E-state index in [0.29, 0.717) is 13.1 Å². The van der Waals surface area contributed by atoms with Crippen molar-refractivity contribution in [2.75, 3.05) is 6.54 Å². The van der Waals surface area contributed by atoms with Gasteiger partial charge in [0, 0.05) is 19.5 Å². The first-order valence-corrected chi connectivity index (χ1v) is 6.58. The zero-order valence-corrected chi connectivity index (χ0v) is 11.6. The van der Waals surface area contributed by atoms with E-state index in [0.717, 1.165) is 22.7 Å². The van der Waals surface area contributed by atoms with Crippen molar-refractivity contribution in [1.82, 2.24) is 14.7 Å². The van der Waals surface area contributed by atoms with Crippen LogP contribution in [0.5, 0.6) is 0 Å². The lowest BCUT2D eigenvalue weighted by atomic mass is 10.3. The summed E-state index contributed by atoms with van der Waals surface area (Å²) in [4.78, 5) is 13.2. The van der Waals surface area contributed by atoms with Gasteiger partial charge in [0.05, 0.1) is 12.2 Å². The molecule has 17 heavy (non-hydrogen) atoms. The average Bonchev–Trinajstić information content (AvgIpc) is 2.68. The van der Waals surface area contributed by atoms with E-state index in [1.165, 1.54) is 0 Å². The van der Waals surface area contributed by atoms with Gasteiger partial charge < -0.3 is 4.90 Å². The van der Waals surface area contributed by atoms with Crippen LogP contribution in [0.25, 0.3) is 0 Å². The third-order valence-corrected chi connectivity index (χ3v) is 3.02. The molecule has 1 rings (SSSR count). The molecule has 5 nitrogen and oxygen atoms in total. The molecule has 0 aliphatic heterocycles. The number of aromatic nitrogens is 2. The number of hydrogen-bond acceptors (Lipinski definition) is 4. The Bertz CT molecular complexity index is 389. The van der Waals surface area contributed by atoms with Gasteiger partial charge in [-0.3, -0.25) is 14.6 Å². The van der Waals surface area contributed by atoms with Gasteiger partial charge in [0.25, 0.3) is 0 Å². The summed E-state index contributed by atoms with van der Waals surface area (Å²) < 4.78 is 1.92. The van der Waals surface area contributed by atoms with Crippen molar-refractivity contribution in [2.45, 2.75) is 45.3 Å². The maximum atomic E-state index is 11.4.